The molecular formula is C30H26FN3O4S. The van der Waals surface area contributed by atoms with Crippen LogP contribution in [-0.2, 0) is 15.3 Å². The number of rotatable bonds is 8. The molecule has 0 bridgehead atoms. The summed E-state index contributed by atoms with van der Waals surface area (Å²) in [6, 6.07) is 23.1. The standard InChI is InChI=1S/C30H26FN3O4S/c1-3-38-29(36)24-23(20-14-8-10-16-22(20)37-2)25-27(32-26(24)18-11-5-4-6-12-18)33-30(34-28(25)35)39-17-19-13-7-9-15-21(19)31/h4-16,23H,3,17H2,1-2H3,(H2,32,33,34,35). The summed E-state index contributed by atoms with van der Waals surface area (Å²) >= 11 is 1.21. The van der Waals surface area contributed by atoms with Crippen LogP contribution in [0.1, 0.15) is 35.1 Å². The maximum absolute atomic E-state index is 14.2. The average Bonchev–Trinajstić information content (AvgIpc) is 2.96. The van der Waals surface area contributed by atoms with Gasteiger partial charge in [0, 0.05) is 11.3 Å². The Morgan fingerprint density at radius 3 is 2.49 bits per heavy atom. The Kier molecular flexibility index (Phi) is 7.79. The fraction of sp³-hybridized carbons (Fsp3) is 0.167. The van der Waals surface area contributed by atoms with Crippen LogP contribution in [0.5, 0.6) is 5.75 Å². The third-order valence-electron chi connectivity index (χ3n) is 6.35. The van der Waals surface area contributed by atoms with Gasteiger partial charge in [-0.05, 0) is 30.2 Å². The molecule has 1 atom stereocenters. The van der Waals surface area contributed by atoms with Crippen LogP contribution in [-0.4, -0.2) is 29.7 Å². The lowest BCUT2D eigenvalue weighted by atomic mass is 9.80. The SMILES string of the molecule is CCOC(=O)C1=C(c2ccccc2)Nc2nc(SCc3ccccc3F)[nH]c(=O)c2C1c1ccccc1OC. The van der Waals surface area contributed by atoms with Gasteiger partial charge in [-0.1, -0.05) is 78.5 Å². The van der Waals surface area contributed by atoms with E-state index in [2.05, 4.69) is 10.3 Å². The van der Waals surface area contributed by atoms with Crippen molar-refractivity contribution in [3.05, 3.63) is 123 Å². The second kappa shape index (κ2) is 11.6. The van der Waals surface area contributed by atoms with E-state index in [1.54, 1.807) is 31.2 Å². The van der Waals surface area contributed by atoms with E-state index in [9.17, 15) is 14.0 Å². The quantitative estimate of drug-likeness (QED) is 0.166. The molecule has 4 aromatic rings. The molecule has 0 radical (unpaired) electrons. The van der Waals surface area contributed by atoms with Crippen molar-refractivity contribution in [2.45, 2.75) is 23.8 Å². The van der Waals surface area contributed by atoms with Gasteiger partial charge in [0.05, 0.1) is 36.5 Å². The lowest BCUT2D eigenvalue weighted by Gasteiger charge is -2.31. The number of benzene rings is 3. The maximum atomic E-state index is 14.2. The smallest absolute Gasteiger partial charge is 0.337 e. The molecule has 1 aromatic heterocycles. The molecule has 2 N–H and O–H groups in total. The van der Waals surface area contributed by atoms with Gasteiger partial charge in [-0.15, -0.1) is 0 Å². The number of carbonyl (C=O) groups excluding carboxylic acids is 1. The molecule has 7 nitrogen and oxygen atoms in total. The number of esters is 1. The zero-order valence-electron chi connectivity index (χ0n) is 21.4. The molecular weight excluding hydrogens is 517 g/mol. The Balaban J connectivity index is 1.69. The largest absolute Gasteiger partial charge is 0.496 e. The number of nitrogens with zero attached hydrogens (tertiary/aromatic N) is 1. The number of carbonyl (C=O) groups is 1. The molecule has 0 saturated heterocycles. The molecule has 1 unspecified atom stereocenters. The number of hydrogen-bond donors (Lipinski definition) is 2. The summed E-state index contributed by atoms with van der Waals surface area (Å²) in [5, 5.41) is 3.57. The van der Waals surface area contributed by atoms with Crippen molar-refractivity contribution in [1.82, 2.24) is 9.97 Å². The van der Waals surface area contributed by atoms with E-state index in [1.807, 2.05) is 48.5 Å². The summed E-state index contributed by atoms with van der Waals surface area (Å²) in [7, 11) is 1.54. The van der Waals surface area contributed by atoms with E-state index >= 15 is 0 Å². The number of nitrogens with one attached hydrogen (secondary N) is 2. The molecule has 5 rings (SSSR count). The average molecular weight is 544 g/mol. The Bertz CT molecular complexity index is 1600. The van der Waals surface area contributed by atoms with Crippen LogP contribution in [0.25, 0.3) is 5.70 Å². The van der Waals surface area contributed by atoms with Crippen molar-refractivity contribution >= 4 is 29.2 Å². The maximum Gasteiger partial charge on any atom is 0.337 e. The molecule has 9 heteroatoms. The number of anilines is 1. The third kappa shape index (κ3) is 5.31. The van der Waals surface area contributed by atoms with Crippen LogP contribution < -0.4 is 15.6 Å². The van der Waals surface area contributed by atoms with Crippen LogP contribution in [0, 0.1) is 5.82 Å². The minimum atomic E-state index is -0.825. The van der Waals surface area contributed by atoms with Gasteiger partial charge in [-0.3, -0.25) is 4.79 Å². The van der Waals surface area contributed by atoms with Crippen molar-refractivity contribution < 1.29 is 18.7 Å². The first kappa shape index (κ1) is 26.2. The van der Waals surface area contributed by atoms with E-state index in [0.29, 0.717) is 33.5 Å². The fourth-order valence-electron chi connectivity index (χ4n) is 4.61. The number of para-hydroxylation sites is 1. The normalized spacial score (nSPS) is 14.4. The van der Waals surface area contributed by atoms with E-state index < -0.39 is 17.4 Å². The number of ether oxygens (including phenoxy) is 2. The monoisotopic (exact) mass is 543 g/mol. The van der Waals surface area contributed by atoms with Gasteiger partial charge in [0.1, 0.15) is 17.4 Å². The zero-order chi connectivity index (χ0) is 27.4. The second-order valence-corrected chi connectivity index (χ2v) is 9.65. The molecule has 0 saturated carbocycles. The third-order valence-corrected chi connectivity index (χ3v) is 7.28. The summed E-state index contributed by atoms with van der Waals surface area (Å²) in [6.07, 6.45) is 0. The number of fused-ring (bicyclic) bond motifs is 1. The summed E-state index contributed by atoms with van der Waals surface area (Å²) in [5.74, 6) is -0.608. The zero-order valence-corrected chi connectivity index (χ0v) is 22.2. The number of halogens is 1. The lowest BCUT2D eigenvalue weighted by Crippen LogP contribution is -2.31. The fourth-order valence-corrected chi connectivity index (χ4v) is 5.45. The van der Waals surface area contributed by atoms with Crippen LogP contribution in [0.4, 0.5) is 10.2 Å². The van der Waals surface area contributed by atoms with Crippen LogP contribution >= 0.6 is 11.8 Å². The van der Waals surface area contributed by atoms with E-state index in [0.717, 1.165) is 5.56 Å². The molecule has 0 fully saturated rings. The second-order valence-electron chi connectivity index (χ2n) is 8.69. The summed E-state index contributed by atoms with van der Waals surface area (Å²) in [6.45, 7) is 1.90. The van der Waals surface area contributed by atoms with Gasteiger partial charge >= 0.3 is 5.97 Å². The number of aromatic nitrogens is 2. The molecule has 198 valence electrons. The van der Waals surface area contributed by atoms with Crippen molar-refractivity contribution in [2.24, 2.45) is 0 Å². The first-order chi connectivity index (χ1) is 19.0. The first-order valence-electron chi connectivity index (χ1n) is 12.4. The molecule has 0 aliphatic carbocycles. The molecule has 2 heterocycles. The van der Waals surface area contributed by atoms with E-state index in [-0.39, 0.29) is 29.3 Å². The molecule has 39 heavy (non-hydrogen) atoms. The highest BCUT2D eigenvalue weighted by Crippen LogP contribution is 2.45. The van der Waals surface area contributed by atoms with Gasteiger partial charge in [-0.2, -0.15) is 0 Å². The molecule has 3 aromatic carbocycles. The van der Waals surface area contributed by atoms with Crippen molar-refractivity contribution in [3.8, 4) is 5.75 Å². The van der Waals surface area contributed by atoms with Gasteiger partial charge in [0.2, 0.25) is 0 Å². The Morgan fingerprint density at radius 2 is 1.74 bits per heavy atom. The highest BCUT2D eigenvalue weighted by Gasteiger charge is 2.39. The minimum absolute atomic E-state index is 0.163. The highest BCUT2D eigenvalue weighted by molar-refractivity contribution is 7.98. The Hall–Kier alpha value is -4.37. The number of hydrogen-bond acceptors (Lipinski definition) is 7. The number of aromatic amines is 1. The van der Waals surface area contributed by atoms with E-state index in [4.69, 9.17) is 14.5 Å². The van der Waals surface area contributed by atoms with Crippen LogP contribution in [0.2, 0.25) is 0 Å². The van der Waals surface area contributed by atoms with Gasteiger partial charge in [-0.25, -0.2) is 14.2 Å². The summed E-state index contributed by atoms with van der Waals surface area (Å²) < 4.78 is 25.3. The van der Waals surface area contributed by atoms with Gasteiger partial charge in [0.25, 0.3) is 5.56 Å². The summed E-state index contributed by atoms with van der Waals surface area (Å²) in [4.78, 5) is 34.7. The number of methoxy groups -OCH3 is 1. The molecule has 0 spiro atoms. The molecule has 1 aliphatic heterocycles. The van der Waals surface area contributed by atoms with E-state index in [1.165, 1.54) is 24.9 Å². The van der Waals surface area contributed by atoms with Crippen molar-refractivity contribution in [3.63, 3.8) is 0 Å². The summed E-state index contributed by atoms with van der Waals surface area (Å²) in [5.41, 5.74) is 2.45. The van der Waals surface area contributed by atoms with Crippen molar-refractivity contribution in [2.75, 3.05) is 19.0 Å². The Morgan fingerprint density at radius 1 is 1.03 bits per heavy atom. The molecule has 1 aliphatic rings. The predicted octanol–water partition coefficient (Wildman–Crippen LogP) is 5.74. The van der Waals surface area contributed by atoms with Crippen LogP contribution in [0.3, 0.4) is 0 Å². The lowest BCUT2D eigenvalue weighted by molar-refractivity contribution is -0.138. The van der Waals surface area contributed by atoms with Gasteiger partial charge in [0.15, 0.2) is 5.16 Å². The number of thioether (sulfide) groups is 1. The topological polar surface area (TPSA) is 93.3 Å². The van der Waals surface area contributed by atoms with Crippen molar-refractivity contribution in [1.29, 1.82) is 0 Å². The van der Waals surface area contributed by atoms with Gasteiger partial charge < -0.3 is 19.8 Å². The minimum Gasteiger partial charge on any atom is -0.496 e. The van der Waals surface area contributed by atoms with Crippen LogP contribution in [0.15, 0.2) is 94.4 Å². The number of H-pyrrole nitrogens is 1. The Labute approximate surface area is 229 Å². The molecule has 0 amide bonds. The highest BCUT2D eigenvalue weighted by atomic mass is 32.2. The first-order valence-corrected chi connectivity index (χ1v) is 13.4. The predicted molar refractivity (Wildman–Crippen MR) is 149 cm³/mol.